The lowest BCUT2D eigenvalue weighted by Crippen LogP contribution is -2.30. The molecule has 0 radical (unpaired) electrons. The Labute approximate surface area is 556 Å². The quantitative estimate of drug-likeness (QED) is 0.0222. The third-order valence-corrected chi connectivity index (χ3v) is 19.3. The summed E-state index contributed by atoms with van der Waals surface area (Å²) in [6.07, 6.45) is 49.9. The van der Waals surface area contributed by atoms with Crippen molar-refractivity contribution in [2.24, 2.45) is 11.8 Å². The van der Waals surface area contributed by atoms with E-state index in [4.69, 9.17) is 37.0 Å². The first-order valence-corrected chi connectivity index (χ1v) is 40.6. The molecule has 0 aromatic rings. The molecule has 0 aromatic heterocycles. The highest BCUT2D eigenvalue weighted by Crippen LogP contribution is 2.45. The average molecular weight is 1340 g/mol. The van der Waals surface area contributed by atoms with Crippen LogP contribution < -0.4 is 0 Å². The number of carbonyl (C=O) groups excluding carboxylic acids is 4. The highest BCUT2D eigenvalue weighted by molar-refractivity contribution is 7.47. The van der Waals surface area contributed by atoms with Gasteiger partial charge < -0.3 is 33.8 Å². The van der Waals surface area contributed by atoms with E-state index in [-0.39, 0.29) is 25.7 Å². The minimum absolute atomic E-state index is 0.103. The van der Waals surface area contributed by atoms with E-state index in [1.54, 1.807) is 0 Å². The van der Waals surface area contributed by atoms with E-state index in [1.807, 2.05) is 0 Å². The molecule has 540 valence electrons. The summed E-state index contributed by atoms with van der Waals surface area (Å²) < 4.78 is 68.3. The van der Waals surface area contributed by atoms with Gasteiger partial charge in [0.05, 0.1) is 26.4 Å². The molecule has 0 heterocycles. The van der Waals surface area contributed by atoms with Gasteiger partial charge in [0.2, 0.25) is 0 Å². The molecular formula is C72H140O17P2. The maximum atomic E-state index is 13.0. The third-order valence-electron chi connectivity index (χ3n) is 17.4. The minimum atomic E-state index is -4.95. The predicted molar refractivity (Wildman–Crippen MR) is 368 cm³/mol. The van der Waals surface area contributed by atoms with Crippen LogP contribution in [0.2, 0.25) is 0 Å². The number of rotatable bonds is 71. The maximum absolute atomic E-state index is 13.0. The molecule has 3 N–H and O–H groups in total. The molecule has 4 unspecified atom stereocenters. The number of hydrogen-bond donors (Lipinski definition) is 3. The summed E-state index contributed by atoms with van der Waals surface area (Å²) in [5, 5.41) is 10.6. The molecule has 0 fully saturated rings. The van der Waals surface area contributed by atoms with Crippen molar-refractivity contribution in [3.8, 4) is 0 Å². The van der Waals surface area contributed by atoms with Gasteiger partial charge >= 0.3 is 39.5 Å². The number of aliphatic hydroxyl groups excluding tert-OH is 1. The first-order chi connectivity index (χ1) is 43.9. The van der Waals surface area contributed by atoms with Crippen LogP contribution in [0.15, 0.2) is 0 Å². The van der Waals surface area contributed by atoms with Crippen LogP contribution in [0, 0.1) is 11.8 Å². The monoisotopic (exact) mass is 1340 g/mol. The number of ether oxygens (including phenoxy) is 4. The number of unbranched alkanes of at least 4 members (excludes halogenated alkanes) is 39. The molecular weight excluding hydrogens is 1200 g/mol. The van der Waals surface area contributed by atoms with Crippen molar-refractivity contribution in [1.82, 2.24) is 0 Å². The Kier molecular flexibility index (Phi) is 62.7. The highest BCUT2D eigenvalue weighted by Gasteiger charge is 2.30. The van der Waals surface area contributed by atoms with E-state index >= 15 is 0 Å². The Bertz CT molecular complexity index is 1770. The lowest BCUT2D eigenvalue weighted by atomic mass is 9.99. The van der Waals surface area contributed by atoms with Gasteiger partial charge in [-0.05, 0) is 37.5 Å². The average Bonchev–Trinajstić information content (AvgIpc) is 3.74. The molecule has 17 nitrogen and oxygen atoms in total. The van der Waals surface area contributed by atoms with Gasteiger partial charge in [-0.1, -0.05) is 318 Å². The summed E-state index contributed by atoms with van der Waals surface area (Å²) in [6, 6.07) is 0. The van der Waals surface area contributed by atoms with E-state index in [0.29, 0.717) is 25.7 Å². The highest BCUT2D eigenvalue weighted by atomic mass is 31.2. The second-order valence-corrected chi connectivity index (χ2v) is 29.4. The SMILES string of the molecule is CCCCCCCCCCCCCCCCC(=O)OC[C@H](COP(=O)(O)OC[C@@H](O)COP(=O)(O)OC[C@@H](COC(=O)CCCCCCCCCCC)OC(=O)CCCCCCCCC(C)CC)OC(=O)CCCCCCCCCCCCCCCCC(C)CC. The Morgan fingerprint density at radius 2 is 0.527 bits per heavy atom. The van der Waals surface area contributed by atoms with Crippen LogP contribution >= 0.6 is 15.6 Å². The summed E-state index contributed by atoms with van der Waals surface area (Å²) in [4.78, 5) is 72.6. The molecule has 0 saturated carbocycles. The first-order valence-electron chi connectivity index (χ1n) is 37.6. The fourth-order valence-corrected chi connectivity index (χ4v) is 12.5. The molecule has 0 bridgehead atoms. The number of hydrogen-bond acceptors (Lipinski definition) is 15. The van der Waals surface area contributed by atoms with Crippen LogP contribution in [0.25, 0.3) is 0 Å². The number of carbonyl (C=O) groups is 4. The lowest BCUT2D eigenvalue weighted by molar-refractivity contribution is -0.161. The van der Waals surface area contributed by atoms with E-state index in [0.717, 1.165) is 102 Å². The van der Waals surface area contributed by atoms with Crippen molar-refractivity contribution >= 4 is 39.5 Å². The first kappa shape index (κ1) is 89.1. The van der Waals surface area contributed by atoms with Crippen LogP contribution in [0.5, 0.6) is 0 Å². The number of phosphoric ester groups is 2. The van der Waals surface area contributed by atoms with Crippen molar-refractivity contribution in [3.63, 3.8) is 0 Å². The van der Waals surface area contributed by atoms with Crippen molar-refractivity contribution < 1.29 is 80.2 Å². The molecule has 0 aliphatic rings. The summed E-state index contributed by atoms with van der Waals surface area (Å²) in [7, 11) is -9.90. The summed E-state index contributed by atoms with van der Waals surface area (Å²) in [5.41, 5.74) is 0. The van der Waals surface area contributed by atoms with Crippen LogP contribution in [0.1, 0.15) is 369 Å². The van der Waals surface area contributed by atoms with E-state index in [9.17, 15) is 43.2 Å². The Hall–Kier alpha value is -1.94. The summed E-state index contributed by atoms with van der Waals surface area (Å²) in [5.74, 6) is -0.558. The standard InChI is InChI=1S/C72H140O17P2/c1-7-11-13-15-17-19-20-21-25-28-32-36-43-49-55-70(75)83-60-67(88-71(76)56-50-44-37-33-29-26-23-22-24-27-31-34-40-46-52-64(5)9-3)62-86-90(78,79)84-58-66(73)59-85-91(80,81)87-63-68(61-82-69(74)54-48-42-35-30-18-16-14-12-8-2)89-72(77)57-51-45-39-38-41-47-53-65(6)10-4/h64-68,73H,7-63H2,1-6H3,(H,78,79)(H,80,81)/t64?,65?,66-,67-,68-/m1/s1. The van der Waals surface area contributed by atoms with E-state index < -0.39 is 97.5 Å². The smallest absolute Gasteiger partial charge is 0.462 e. The zero-order chi connectivity index (χ0) is 67.2. The molecule has 0 amide bonds. The van der Waals surface area contributed by atoms with E-state index in [1.165, 1.54) is 186 Å². The molecule has 0 saturated heterocycles. The number of esters is 4. The van der Waals surface area contributed by atoms with Gasteiger partial charge in [0.1, 0.15) is 19.3 Å². The molecule has 0 spiro atoms. The molecule has 0 aliphatic carbocycles. The normalized spacial score (nSPS) is 14.7. The largest absolute Gasteiger partial charge is 0.472 e. The van der Waals surface area contributed by atoms with Crippen molar-refractivity contribution in [2.75, 3.05) is 39.6 Å². The Balaban J connectivity index is 5.22. The molecule has 0 rings (SSSR count). The zero-order valence-electron chi connectivity index (χ0n) is 59.1. The number of aliphatic hydroxyl groups is 1. The fraction of sp³-hybridized carbons (Fsp3) is 0.944. The van der Waals surface area contributed by atoms with Crippen LogP contribution in [-0.2, 0) is 65.4 Å². The Morgan fingerprint density at radius 1 is 0.308 bits per heavy atom. The van der Waals surface area contributed by atoms with Crippen LogP contribution in [0.3, 0.4) is 0 Å². The van der Waals surface area contributed by atoms with Gasteiger partial charge in [0.15, 0.2) is 12.2 Å². The second kappa shape index (κ2) is 64.1. The van der Waals surface area contributed by atoms with Gasteiger partial charge in [0.25, 0.3) is 0 Å². The van der Waals surface area contributed by atoms with Crippen molar-refractivity contribution in [3.05, 3.63) is 0 Å². The van der Waals surface area contributed by atoms with Gasteiger partial charge in [-0.15, -0.1) is 0 Å². The summed E-state index contributed by atoms with van der Waals surface area (Å²) >= 11 is 0. The topological polar surface area (TPSA) is 237 Å². The van der Waals surface area contributed by atoms with Gasteiger partial charge in [-0.3, -0.25) is 37.3 Å². The van der Waals surface area contributed by atoms with Gasteiger partial charge in [-0.2, -0.15) is 0 Å². The maximum Gasteiger partial charge on any atom is 0.472 e. The molecule has 7 atom stereocenters. The van der Waals surface area contributed by atoms with Crippen molar-refractivity contribution in [2.45, 2.75) is 387 Å². The van der Waals surface area contributed by atoms with Crippen LogP contribution in [0.4, 0.5) is 0 Å². The summed E-state index contributed by atoms with van der Waals surface area (Å²) in [6.45, 7) is 9.56. The molecule has 0 aliphatic heterocycles. The third kappa shape index (κ3) is 63.9. The van der Waals surface area contributed by atoms with Gasteiger partial charge in [-0.25, -0.2) is 9.13 Å². The van der Waals surface area contributed by atoms with E-state index in [2.05, 4.69) is 41.5 Å². The minimum Gasteiger partial charge on any atom is -0.462 e. The van der Waals surface area contributed by atoms with Crippen LogP contribution in [-0.4, -0.2) is 96.7 Å². The van der Waals surface area contributed by atoms with Gasteiger partial charge in [0, 0.05) is 25.7 Å². The fourth-order valence-electron chi connectivity index (χ4n) is 10.9. The molecule has 0 aromatic carbocycles. The Morgan fingerprint density at radius 3 is 0.780 bits per heavy atom. The van der Waals surface area contributed by atoms with Crippen molar-refractivity contribution in [1.29, 1.82) is 0 Å². The second-order valence-electron chi connectivity index (χ2n) is 26.5. The zero-order valence-corrected chi connectivity index (χ0v) is 60.9. The molecule has 19 heteroatoms. The predicted octanol–water partition coefficient (Wildman–Crippen LogP) is 20.8. The lowest BCUT2D eigenvalue weighted by Gasteiger charge is -2.21. The number of phosphoric acid groups is 2. The molecule has 91 heavy (non-hydrogen) atoms.